The Labute approximate surface area is 147 Å². The number of benzene rings is 2. The Hall–Kier alpha value is -2.04. The van der Waals surface area contributed by atoms with Gasteiger partial charge in [-0.3, -0.25) is 4.79 Å². The summed E-state index contributed by atoms with van der Waals surface area (Å²) in [5, 5.41) is 3.90. The molecule has 0 bridgehead atoms. The summed E-state index contributed by atoms with van der Waals surface area (Å²) in [6, 6.07) is 15.4. The van der Waals surface area contributed by atoms with Crippen LogP contribution in [-0.4, -0.2) is 37.0 Å². The Morgan fingerprint density at radius 3 is 2.71 bits per heavy atom. The van der Waals surface area contributed by atoms with Crippen molar-refractivity contribution in [3.8, 4) is 5.75 Å². The highest BCUT2D eigenvalue weighted by atomic mass is 35.5. The quantitative estimate of drug-likeness (QED) is 0.906. The average Bonchev–Trinajstić information content (AvgIpc) is 2.62. The van der Waals surface area contributed by atoms with Gasteiger partial charge < -0.3 is 15.0 Å². The fraction of sp³-hybridized carbons (Fsp3) is 0.316. The average molecular weight is 345 g/mol. The van der Waals surface area contributed by atoms with E-state index in [1.54, 1.807) is 18.0 Å². The van der Waals surface area contributed by atoms with Gasteiger partial charge in [-0.15, -0.1) is 0 Å². The third kappa shape index (κ3) is 3.89. The fourth-order valence-electron chi connectivity index (χ4n) is 2.86. The monoisotopic (exact) mass is 344 g/mol. The summed E-state index contributed by atoms with van der Waals surface area (Å²) in [5.74, 6) is 0.733. The minimum atomic E-state index is -0.176. The van der Waals surface area contributed by atoms with Crippen LogP contribution in [-0.2, 0) is 17.8 Å². The number of amides is 1. The third-order valence-electron chi connectivity index (χ3n) is 4.28. The molecule has 1 aliphatic heterocycles. The molecule has 3 rings (SSSR count). The number of para-hydroxylation sites is 1. The lowest BCUT2D eigenvalue weighted by molar-refractivity contribution is -0.132. The molecule has 1 amide bonds. The van der Waals surface area contributed by atoms with Crippen molar-refractivity contribution >= 4 is 17.5 Å². The van der Waals surface area contributed by atoms with Gasteiger partial charge >= 0.3 is 0 Å². The number of likely N-dealkylation sites (N-methyl/N-ethyl adjacent to an activating group) is 1. The second-order valence-corrected chi connectivity index (χ2v) is 6.35. The maximum Gasteiger partial charge on any atom is 0.239 e. The summed E-state index contributed by atoms with van der Waals surface area (Å²) in [6.45, 7) is 1.66. The van der Waals surface area contributed by atoms with E-state index < -0.39 is 0 Å². The summed E-state index contributed by atoms with van der Waals surface area (Å²) in [6.07, 6.45) is 0.727. The highest BCUT2D eigenvalue weighted by Gasteiger charge is 2.26. The highest BCUT2D eigenvalue weighted by Crippen LogP contribution is 2.23. The Bertz CT molecular complexity index is 720. The molecule has 2 aromatic rings. The number of hydrogen-bond donors (Lipinski definition) is 1. The second kappa shape index (κ2) is 7.69. The lowest BCUT2D eigenvalue weighted by Crippen LogP contribution is -2.49. The summed E-state index contributed by atoms with van der Waals surface area (Å²) < 4.78 is 5.65. The van der Waals surface area contributed by atoms with Gasteiger partial charge in [0.05, 0.1) is 17.6 Å². The van der Waals surface area contributed by atoms with Crippen LogP contribution in [0.25, 0.3) is 0 Å². The van der Waals surface area contributed by atoms with Crippen molar-refractivity contribution in [2.75, 3.05) is 20.2 Å². The summed E-state index contributed by atoms with van der Waals surface area (Å²) in [4.78, 5) is 14.3. The molecule has 1 atom stereocenters. The smallest absolute Gasteiger partial charge is 0.239 e. The molecule has 5 heteroatoms. The van der Waals surface area contributed by atoms with Gasteiger partial charge in [0, 0.05) is 13.6 Å². The molecule has 0 aromatic heterocycles. The van der Waals surface area contributed by atoms with E-state index in [4.69, 9.17) is 16.3 Å². The number of carbonyl (C=O) groups excluding carboxylic acids is 1. The van der Waals surface area contributed by atoms with E-state index in [9.17, 15) is 4.79 Å². The van der Waals surface area contributed by atoms with Crippen LogP contribution in [0.15, 0.2) is 48.5 Å². The molecule has 0 radical (unpaired) electrons. The first-order valence-corrected chi connectivity index (χ1v) is 8.45. The molecular weight excluding hydrogens is 324 g/mol. The van der Waals surface area contributed by atoms with Crippen LogP contribution in [0.5, 0.6) is 5.75 Å². The van der Waals surface area contributed by atoms with Gasteiger partial charge in [0.2, 0.25) is 5.91 Å². The molecule has 0 saturated carbocycles. The zero-order chi connectivity index (χ0) is 16.9. The summed E-state index contributed by atoms with van der Waals surface area (Å²) >= 11 is 6.06. The van der Waals surface area contributed by atoms with Gasteiger partial charge in [-0.05, 0) is 29.7 Å². The van der Waals surface area contributed by atoms with Crippen molar-refractivity contribution in [3.05, 3.63) is 64.7 Å². The van der Waals surface area contributed by atoms with E-state index in [1.807, 2.05) is 30.3 Å². The molecule has 0 fully saturated rings. The highest BCUT2D eigenvalue weighted by molar-refractivity contribution is 6.32. The first kappa shape index (κ1) is 16.8. The number of rotatable bonds is 5. The molecule has 2 aromatic carbocycles. The van der Waals surface area contributed by atoms with E-state index in [0.717, 1.165) is 13.0 Å². The number of nitrogens with zero attached hydrogens (tertiary/aromatic N) is 1. The van der Waals surface area contributed by atoms with Crippen LogP contribution in [0, 0.1) is 0 Å². The number of ether oxygens (including phenoxy) is 1. The molecule has 0 saturated heterocycles. The number of halogens is 1. The maximum absolute atomic E-state index is 12.6. The fourth-order valence-corrected chi connectivity index (χ4v) is 3.05. The summed E-state index contributed by atoms with van der Waals surface area (Å²) in [5.41, 5.74) is 2.52. The van der Waals surface area contributed by atoms with Crippen molar-refractivity contribution in [2.45, 2.75) is 19.0 Å². The van der Waals surface area contributed by atoms with Crippen LogP contribution < -0.4 is 10.1 Å². The van der Waals surface area contributed by atoms with Crippen molar-refractivity contribution in [2.24, 2.45) is 0 Å². The number of carbonyl (C=O) groups is 1. The lowest BCUT2D eigenvalue weighted by atomic mass is 9.95. The number of fused-ring (bicyclic) bond motifs is 1. The van der Waals surface area contributed by atoms with Crippen molar-refractivity contribution in [3.63, 3.8) is 0 Å². The van der Waals surface area contributed by atoms with Gasteiger partial charge in [0.15, 0.2) is 0 Å². The van der Waals surface area contributed by atoms with E-state index in [2.05, 4.69) is 17.4 Å². The minimum Gasteiger partial charge on any atom is -0.490 e. The third-order valence-corrected chi connectivity index (χ3v) is 4.59. The normalized spacial score (nSPS) is 16.3. The van der Waals surface area contributed by atoms with Gasteiger partial charge in [-0.2, -0.15) is 0 Å². The van der Waals surface area contributed by atoms with Crippen LogP contribution in [0.3, 0.4) is 0 Å². The predicted octanol–water partition coefficient (Wildman–Crippen LogP) is 2.89. The Balaban J connectivity index is 1.51. The first-order valence-electron chi connectivity index (χ1n) is 8.07. The van der Waals surface area contributed by atoms with E-state index >= 15 is 0 Å². The van der Waals surface area contributed by atoms with Crippen molar-refractivity contribution < 1.29 is 9.53 Å². The first-order chi connectivity index (χ1) is 11.6. The van der Waals surface area contributed by atoms with Crippen LogP contribution >= 0.6 is 11.6 Å². The molecule has 0 spiro atoms. The zero-order valence-electron chi connectivity index (χ0n) is 13.7. The van der Waals surface area contributed by atoms with Crippen molar-refractivity contribution in [1.29, 1.82) is 0 Å². The van der Waals surface area contributed by atoms with Gasteiger partial charge in [0.25, 0.3) is 0 Å². The molecule has 24 heavy (non-hydrogen) atoms. The minimum absolute atomic E-state index is 0.0901. The number of nitrogens with one attached hydrogen (secondary N) is 1. The molecule has 1 aliphatic rings. The molecule has 4 nitrogen and oxygen atoms in total. The molecule has 1 N–H and O–H groups in total. The Morgan fingerprint density at radius 1 is 1.21 bits per heavy atom. The topological polar surface area (TPSA) is 41.6 Å². The Morgan fingerprint density at radius 2 is 1.92 bits per heavy atom. The van der Waals surface area contributed by atoms with Crippen LogP contribution in [0.2, 0.25) is 5.02 Å². The van der Waals surface area contributed by atoms with E-state index in [1.165, 1.54) is 11.1 Å². The molecule has 1 heterocycles. The largest absolute Gasteiger partial charge is 0.490 e. The second-order valence-electron chi connectivity index (χ2n) is 5.94. The molecule has 1 unspecified atom stereocenters. The zero-order valence-corrected chi connectivity index (χ0v) is 14.4. The summed E-state index contributed by atoms with van der Waals surface area (Å²) in [7, 11) is 1.81. The lowest BCUT2D eigenvalue weighted by Gasteiger charge is -2.29. The van der Waals surface area contributed by atoms with Crippen molar-refractivity contribution in [1.82, 2.24) is 10.2 Å². The van der Waals surface area contributed by atoms with Gasteiger partial charge in [0.1, 0.15) is 12.4 Å². The van der Waals surface area contributed by atoms with E-state index in [0.29, 0.717) is 23.9 Å². The van der Waals surface area contributed by atoms with Crippen LogP contribution in [0.4, 0.5) is 0 Å². The molecular formula is C19H21ClN2O2. The SMILES string of the molecule is CN(CCOc1ccccc1Cl)C(=O)C1Cc2ccccc2CN1. The van der Waals surface area contributed by atoms with Crippen LogP contribution in [0.1, 0.15) is 11.1 Å². The Kier molecular flexibility index (Phi) is 5.38. The standard InChI is InChI=1S/C19H21ClN2O2/c1-22(10-11-24-18-9-5-4-8-16(18)20)19(23)17-12-14-6-2-3-7-15(14)13-21-17/h2-9,17,21H,10-13H2,1H3. The maximum atomic E-state index is 12.6. The molecule has 126 valence electrons. The van der Waals surface area contributed by atoms with Gasteiger partial charge in [-0.1, -0.05) is 48.0 Å². The van der Waals surface area contributed by atoms with E-state index in [-0.39, 0.29) is 11.9 Å². The molecule has 0 aliphatic carbocycles. The number of hydrogen-bond acceptors (Lipinski definition) is 3. The van der Waals surface area contributed by atoms with Gasteiger partial charge in [-0.25, -0.2) is 0 Å². The predicted molar refractivity (Wildman–Crippen MR) is 95.4 cm³/mol.